The van der Waals surface area contributed by atoms with Gasteiger partial charge in [0.1, 0.15) is 6.17 Å². The van der Waals surface area contributed by atoms with Gasteiger partial charge in [0.25, 0.3) is 0 Å². The summed E-state index contributed by atoms with van der Waals surface area (Å²) in [5.41, 5.74) is 0. The van der Waals surface area contributed by atoms with Crippen molar-refractivity contribution in [1.29, 1.82) is 0 Å². The molecule has 2 atom stereocenters. The van der Waals surface area contributed by atoms with Crippen LogP contribution in [-0.4, -0.2) is 35.4 Å². The maximum atomic E-state index is 12.4. The maximum absolute atomic E-state index is 12.4. The minimum atomic E-state index is -0.00681. The molecule has 0 aromatic carbocycles. The van der Waals surface area contributed by atoms with E-state index in [9.17, 15) is 4.79 Å². The van der Waals surface area contributed by atoms with Crippen LogP contribution in [0.15, 0.2) is 17.5 Å². The molecule has 0 saturated carbocycles. The number of thioether (sulfide) groups is 1. The highest BCUT2D eigenvalue weighted by molar-refractivity contribution is 7.98. The van der Waals surface area contributed by atoms with E-state index in [1.165, 1.54) is 17.1 Å². The van der Waals surface area contributed by atoms with Gasteiger partial charge >= 0.3 is 0 Å². The van der Waals surface area contributed by atoms with Gasteiger partial charge in [-0.25, -0.2) is 0 Å². The van der Waals surface area contributed by atoms with E-state index in [1.807, 2.05) is 16.7 Å². The lowest BCUT2D eigenvalue weighted by molar-refractivity contribution is -0.130. The topological polar surface area (TPSA) is 32.3 Å². The predicted molar refractivity (Wildman–Crippen MR) is 83.6 cm³/mol. The average molecular weight is 298 g/mol. The van der Waals surface area contributed by atoms with Gasteiger partial charge in [0.15, 0.2) is 0 Å². The zero-order valence-electron chi connectivity index (χ0n) is 11.6. The molecule has 19 heavy (non-hydrogen) atoms. The summed E-state index contributed by atoms with van der Waals surface area (Å²) < 4.78 is 0. The summed E-state index contributed by atoms with van der Waals surface area (Å²) in [5, 5.41) is 5.54. The summed E-state index contributed by atoms with van der Waals surface area (Å²) in [7, 11) is 0. The highest BCUT2D eigenvalue weighted by atomic mass is 32.2. The van der Waals surface area contributed by atoms with Crippen LogP contribution in [0.1, 0.15) is 37.2 Å². The lowest BCUT2D eigenvalue weighted by Crippen LogP contribution is -2.31. The van der Waals surface area contributed by atoms with Crippen molar-refractivity contribution in [2.24, 2.45) is 0 Å². The third-order valence-electron chi connectivity index (χ3n) is 3.47. The van der Waals surface area contributed by atoms with Crippen LogP contribution in [0.3, 0.4) is 0 Å². The number of thiophene rings is 1. The van der Waals surface area contributed by atoms with Crippen LogP contribution in [-0.2, 0) is 4.79 Å². The SMILES string of the molecule is CCC1NC(c2cccs2)N(CCCCSC)C1=O. The number of rotatable bonds is 7. The number of nitrogens with zero attached hydrogens (tertiary/aromatic N) is 1. The largest absolute Gasteiger partial charge is 0.321 e. The molecule has 1 N–H and O–H groups in total. The number of hydrogen-bond acceptors (Lipinski definition) is 4. The first-order chi connectivity index (χ1) is 9.27. The first-order valence-electron chi connectivity index (χ1n) is 6.86. The summed E-state index contributed by atoms with van der Waals surface area (Å²) in [4.78, 5) is 15.6. The third kappa shape index (κ3) is 3.52. The Bertz CT molecular complexity index is 394. The lowest BCUT2D eigenvalue weighted by Gasteiger charge is -2.23. The molecular formula is C14H22N2OS2. The molecule has 1 fully saturated rings. The molecule has 0 aliphatic carbocycles. The Morgan fingerprint density at radius 1 is 1.47 bits per heavy atom. The molecule has 1 aliphatic heterocycles. The molecule has 0 radical (unpaired) electrons. The van der Waals surface area contributed by atoms with Crippen LogP contribution in [0.25, 0.3) is 0 Å². The van der Waals surface area contributed by atoms with E-state index in [4.69, 9.17) is 0 Å². The molecule has 2 heterocycles. The molecule has 1 aliphatic rings. The number of amides is 1. The summed E-state index contributed by atoms with van der Waals surface area (Å²) >= 11 is 3.59. The Morgan fingerprint density at radius 2 is 2.32 bits per heavy atom. The molecular weight excluding hydrogens is 276 g/mol. The van der Waals surface area contributed by atoms with E-state index in [1.54, 1.807) is 11.3 Å². The first kappa shape index (κ1) is 14.9. The van der Waals surface area contributed by atoms with Gasteiger partial charge in [0.2, 0.25) is 5.91 Å². The fraction of sp³-hybridized carbons (Fsp3) is 0.643. The quantitative estimate of drug-likeness (QED) is 0.785. The van der Waals surface area contributed by atoms with E-state index in [-0.39, 0.29) is 18.1 Å². The van der Waals surface area contributed by atoms with Gasteiger partial charge in [0.05, 0.1) is 6.04 Å². The minimum absolute atomic E-state index is 0.00681. The fourth-order valence-electron chi connectivity index (χ4n) is 2.42. The van der Waals surface area contributed by atoms with E-state index in [0.717, 1.165) is 19.4 Å². The van der Waals surface area contributed by atoms with Crippen molar-refractivity contribution >= 4 is 29.0 Å². The Hall–Kier alpha value is -0.520. The molecule has 106 valence electrons. The van der Waals surface area contributed by atoms with Crippen molar-refractivity contribution in [2.45, 2.75) is 38.4 Å². The Labute approximate surface area is 123 Å². The number of hydrogen-bond donors (Lipinski definition) is 1. The van der Waals surface area contributed by atoms with Crippen LogP contribution >= 0.6 is 23.1 Å². The van der Waals surface area contributed by atoms with Crippen molar-refractivity contribution in [2.75, 3.05) is 18.6 Å². The normalized spacial score (nSPS) is 23.3. The number of nitrogens with one attached hydrogen (secondary N) is 1. The van der Waals surface area contributed by atoms with E-state index in [2.05, 4.69) is 36.0 Å². The van der Waals surface area contributed by atoms with Gasteiger partial charge in [0, 0.05) is 11.4 Å². The standard InChI is InChI=1S/C14H22N2OS2/c1-3-11-14(17)16(8-4-5-9-18-2)13(15-11)12-7-6-10-19-12/h6-7,10-11,13,15H,3-5,8-9H2,1-2H3. The second-order valence-corrected chi connectivity index (χ2v) is 6.74. The second-order valence-electron chi connectivity index (χ2n) is 4.78. The minimum Gasteiger partial charge on any atom is -0.321 e. The van der Waals surface area contributed by atoms with Gasteiger partial charge in [-0.2, -0.15) is 11.8 Å². The van der Waals surface area contributed by atoms with E-state index >= 15 is 0 Å². The number of carbonyl (C=O) groups is 1. The molecule has 1 amide bonds. The monoisotopic (exact) mass is 298 g/mol. The molecule has 3 nitrogen and oxygen atoms in total. The molecule has 0 bridgehead atoms. The fourth-order valence-corrected chi connectivity index (χ4v) is 3.71. The van der Waals surface area contributed by atoms with Gasteiger partial charge in [-0.3, -0.25) is 10.1 Å². The highest BCUT2D eigenvalue weighted by Gasteiger charge is 2.38. The lowest BCUT2D eigenvalue weighted by atomic mass is 10.2. The Morgan fingerprint density at radius 3 is 2.95 bits per heavy atom. The maximum Gasteiger partial charge on any atom is 0.241 e. The molecule has 1 aromatic rings. The van der Waals surface area contributed by atoms with Crippen LogP contribution in [0.2, 0.25) is 0 Å². The van der Waals surface area contributed by atoms with Gasteiger partial charge in [-0.1, -0.05) is 13.0 Å². The van der Waals surface area contributed by atoms with Gasteiger partial charge < -0.3 is 4.90 Å². The van der Waals surface area contributed by atoms with Crippen molar-refractivity contribution in [3.63, 3.8) is 0 Å². The predicted octanol–water partition coefficient (Wildman–Crippen LogP) is 3.10. The van der Waals surface area contributed by atoms with Crippen LogP contribution in [0.4, 0.5) is 0 Å². The van der Waals surface area contributed by atoms with Crippen LogP contribution < -0.4 is 5.32 Å². The number of unbranched alkanes of at least 4 members (excludes halogenated alkanes) is 1. The number of carbonyl (C=O) groups excluding carboxylic acids is 1. The summed E-state index contributed by atoms with van der Waals surface area (Å²) in [5.74, 6) is 1.45. The van der Waals surface area contributed by atoms with Crippen LogP contribution in [0, 0.1) is 0 Å². The van der Waals surface area contributed by atoms with Gasteiger partial charge in [-0.15, -0.1) is 11.3 Å². The molecule has 2 rings (SSSR count). The van der Waals surface area contributed by atoms with E-state index in [0.29, 0.717) is 0 Å². The Balaban J connectivity index is 2.00. The smallest absolute Gasteiger partial charge is 0.241 e. The molecule has 5 heteroatoms. The van der Waals surface area contributed by atoms with E-state index < -0.39 is 0 Å². The summed E-state index contributed by atoms with van der Waals surface area (Å²) in [6.45, 7) is 2.93. The molecule has 1 saturated heterocycles. The zero-order chi connectivity index (χ0) is 13.7. The summed E-state index contributed by atoms with van der Waals surface area (Å²) in [6.07, 6.45) is 5.35. The Kier molecular flexibility index (Phi) is 5.73. The summed E-state index contributed by atoms with van der Waals surface area (Å²) in [6, 6.07) is 4.16. The van der Waals surface area contributed by atoms with Crippen molar-refractivity contribution < 1.29 is 4.79 Å². The average Bonchev–Trinajstić information content (AvgIpc) is 3.03. The van der Waals surface area contributed by atoms with Crippen molar-refractivity contribution in [3.05, 3.63) is 22.4 Å². The van der Waals surface area contributed by atoms with Crippen molar-refractivity contribution in [3.8, 4) is 0 Å². The highest BCUT2D eigenvalue weighted by Crippen LogP contribution is 2.29. The second kappa shape index (κ2) is 7.31. The van der Waals surface area contributed by atoms with Crippen molar-refractivity contribution in [1.82, 2.24) is 10.2 Å². The molecule has 1 aromatic heterocycles. The van der Waals surface area contributed by atoms with Crippen LogP contribution in [0.5, 0.6) is 0 Å². The van der Waals surface area contributed by atoms with Gasteiger partial charge in [-0.05, 0) is 42.7 Å². The zero-order valence-corrected chi connectivity index (χ0v) is 13.2. The third-order valence-corrected chi connectivity index (χ3v) is 5.09. The molecule has 2 unspecified atom stereocenters. The molecule has 0 spiro atoms. The first-order valence-corrected chi connectivity index (χ1v) is 9.14.